The van der Waals surface area contributed by atoms with Crippen molar-refractivity contribution in [1.82, 2.24) is 4.90 Å². The number of hydrogen-bond acceptors (Lipinski definition) is 3. The molecule has 0 bridgehead atoms. The van der Waals surface area contributed by atoms with Crippen LogP contribution in [0.15, 0.2) is 24.3 Å². The van der Waals surface area contributed by atoms with E-state index < -0.39 is 6.36 Å². The van der Waals surface area contributed by atoms with Gasteiger partial charge in [0.15, 0.2) is 0 Å². The highest BCUT2D eigenvalue weighted by molar-refractivity contribution is 5.28. The molecule has 0 saturated carbocycles. The number of nitrogens with two attached hydrogens (primary N) is 1. The average molecular weight is 288 g/mol. The SMILES string of the molecule is CC1CCN(Cc2cccc(OC(F)(F)F)c2)CC1N. The van der Waals surface area contributed by atoms with Crippen molar-refractivity contribution >= 4 is 0 Å². The highest BCUT2D eigenvalue weighted by Gasteiger charge is 2.31. The summed E-state index contributed by atoms with van der Waals surface area (Å²) >= 11 is 0. The van der Waals surface area contributed by atoms with E-state index in [2.05, 4.69) is 16.6 Å². The van der Waals surface area contributed by atoms with Crippen LogP contribution in [0.1, 0.15) is 18.9 Å². The van der Waals surface area contributed by atoms with E-state index >= 15 is 0 Å². The smallest absolute Gasteiger partial charge is 0.406 e. The molecular formula is C14H19F3N2O. The fourth-order valence-corrected chi connectivity index (χ4v) is 2.41. The minimum atomic E-state index is -4.65. The van der Waals surface area contributed by atoms with E-state index in [-0.39, 0.29) is 11.8 Å². The lowest BCUT2D eigenvalue weighted by molar-refractivity contribution is -0.274. The van der Waals surface area contributed by atoms with Crippen molar-refractivity contribution in [3.63, 3.8) is 0 Å². The van der Waals surface area contributed by atoms with Crippen LogP contribution in [0.3, 0.4) is 0 Å². The first-order valence-electron chi connectivity index (χ1n) is 6.66. The third kappa shape index (κ3) is 4.38. The van der Waals surface area contributed by atoms with Crippen LogP contribution in [0.2, 0.25) is 0 Å². The molecule has 20 heavy (non-hydrogen) atoms. The number of benzene rings is 1. The first-order chi connectivity index (χ1) is 9.33. The van der Waals surface area contributed by atoms with E-state index in [1.807, 2.05) is 0 Å². The van der Waals surface area contributed by atoms with E-state index in [9.17, 15) is 13.2 Å². The summed E-state index contributed by atoms with van der Waals surface area (Å²) in [6.07, 6.45) is -3.64. The van der Waals surface area contributed by atoms with Crippen LogP contribution in [0.5, 0.6) is 5.75 Å². The highest BCUT2D eigenvalue weighted by Crippen LogP contribution is 2.24. The van der Waals surface area contributed by atoms with Crippen molar-refractivity contribution in [2.75, 3.05) is 13.1 Å². The zero-order chi connectivity index (χ0) is 14.8. The molecule has 1 heterocycles. The maximum atomic E-state index is 12.2. The van der Waals surface area contributed by atoms with Gasteiger partial charge in [0.25, 0.3) is 0 Å². The summed E-state index contributed by atoms with van der Waals surface area (Å²) in [5, 5.41) is 0. The predicted octanol–water partition coefficient (Wildman–Crippen LogP) is 2.75. The molecular weight excluding hydrogens is 269 g/mol. The first kappa shape index (κ1) is 15.1. The third-order valence-electron chi connectivity index (χ3n) is 3.64. The summed E-state index contributed by atoms with van der Waals surface area (Å²) in [5.41, 5.74) is 6.82. The van der Waals surface area contributed by atoms with Gasteiger partial charge < -0.3 is 10.5 Å². The normalized spacial score (nSPS) is 24.6. The molecule has 2 atom stereocenters. The van der Waals surface area contributed by atoms with Gasteiger partial charge in [0.2, 0.25) is 0 Å². The van der Waals surface area contributed by atoms with E-state index in [1.165, 1.54) is 12.1 Å². The molecule has 1 fully saturated rings. The average Bonchev–Trinajstić information content (AvgIpc) is 2.32. The van der Waals surface area contributed by atoms with E-state index in [0.29, 0.717) is 12.5 Å². The molecule has 112 valence electrons. The lowest BCUT2D eigenvalue weighted by Gasteiger charge is -2.35. The van der Waals surface area contributed by atoms with Gasteiger partial charge in [-0.3, -0.25) is 4.90 Å². The van der Waals surface area contributed by atoms with E-state index in [4.69, 9.17) is 5.73 Å². The van der Waals surface area contributed by atoms with Gasteiger partial charge in [0.05, 0.1) is 0 Å². The zero-order valence-corrected chi connectivity index (χ0v) is 11.4. The van der Waals surface area contributed by atoms with Gasteiger partial charge in [-0.05, 0) is 36.6 Å². The van der Waals surface area contributed by atoms with Crippen LogP contribution >= 0.6 is 0 Å². The Morgan fingerprint density at radius 1 is 1.40 bits per heavy atom. The second kappa shape index (κ2) is 6.01. The Balaban J connectivity index is 1.98. The van der Waals surface area contributed by atoms with Crippen molar-refractivity contribution < 1.29 is 17.9 Å². The van der Waals surface area contributed by atoms with Gasteiger partial charge in [-0.15, -0.1) is 13.2 Å². The number of piperidine rings is 1. The van der Waals surface area contributed by atoms with Gasteiger partial charge in [0.1, 0.15) is 5.75 Å². The summed E-state index contributed by atoms with van der Waals surface area (Å²) in [4.78, 5) is 2.16. The maximum absolute atomic E-state index is 12.2. The summed E-state index contributed by atoms with van der Waals surface area (Å²) in [7, 11) is 0. The number of alkyl halides is 3. The lowest BCUT2D eigenvalue weighted by Crippen LogP contribution is -2.47. The van der Waals surface area contributed by atoms with Crippen molar-refractivity contribution in [3.8, 4) is 5.75 Å². The van der Waals surface area contributed by atoms with Crippen molar-refractivity contribution in [1.29, 1.82) is 0 Å². The van der Waals surface area contributed by atoms with Crippen molar-refractivity contribution in [2.45, 2.75) is 32.3 Å². The fourth-order valence-electron chi connectivity index (χ4n) is 2.41. The number of nitrogens with zero attached hydrogens (tertiary/aromatic N) is 1. The number of likely N-dealkylation sites (tertiary alicyclic amines) is 1. The Morgan fingerprint density at radius 2 is 2.15 bits per heavy atom. The van der Waals surface area contributed by atoms with Crippen molar-refractivity contribution in [2.24, 2.45) is 11.7 Å². The number of hydrogen-bond donors (Lipinski definition) is 1. The van der Waals surface area contributed by atoms with Crippen LogP contribution in [0.25, 0.3) is 0 Å². The number of ether oxygens (including phenoxy) is 1. The molecule has 0 aliphatic carbocycles. The Labute approximate surface area is 116 Å². The van der Waals surface area contributed by atoms with Gasteiger partial charge >= 0.3 is 6.36 Å². The van der Waals surface area contributed by atoms with E-state index in [0.717, 1.165) is 25.1 Å². The Kier molecular flexibility index (Phi) is 4.55. The highest BCUT2D eigenvalue weighted by atomic mass is 19.4. The molecule has 1 saturated heterocycles. The topological polar surface area (TPSA) is 38.5 Å². The molecule has 3 nitrogen and oxygen atoms in total. The molecule has 0 spiro atoms. The molecule has 0 amide bonds. The van der Waals surface area contributed by atoms with Gasteiger partial charge in [0, 0.05) is 19.1 Å². The molecule has 0 radical (unpaired) electrons. The minimum Gasteiger partial charge on any atom is -0.406 e. The predicted molar refractivity (Wildman–Crippen MR) is 70.2 cm³/mol. The van der Waals surface area contributed by atoms with E-state index in [1.54, 1.807) is 12.1 Å². The monoisotopic (exact) mass is 288 g/mol. The number of rotatable bonds is 3. The molecule has 1 aromatic carbocycles. The molecule has 2 rings (SSSR count). The molecule has 1 aromatic rings. The van der Waals surface area contributed by atoms with Gasteiger partial charge in [-0.2, -0.15) is 0 Å². The first-order valence-corrected chi connectivity index (χ1v) is 6.66. The maximum Gasteiger partial charge on any atom is 0.573 e. The Morgan fingerprint density at radius 3 is 2.80 bits per heavy atom. The second-order valence-electron chi connectivity index (χ2n) is 5.36. The zero-order valence-electron chi connectivity index (χ0n) is 11.4. The van der Waals surface area contributed by atoms with Crippen molar-refractivity contribution in [3.05, 3.63) is 29.8 Å². The number of halogens is 3. The van der Waals surface area contributed by atoms with Crippen LogP contribution in [-0.2, 0) is 6.54 Å². The molecule has 2 N–H and O–H groups in total. The van der Waals surface area contributed by atoms with Crippen LogP contribution in [0.4, 0.5) is 13.2 Å². The Bertz CT molecular complexity index is 450. The molecule has 6 heteroatoms. The summed E-state index contributed by atoms with van der Waals surface area (Å²) in [5.74, 6) is 0.316. The lowest BCUT2D eigenvalue weighted by atomic mass is 9.94. The summed E-state index contributed by atoms with van der Waals surface area (Å²) in [6.45, 7) is 4.40. The minimum absolute atomic E-state index is 0.123. The molecule has 0 aromatic heterocycles. The van der Waals surface area contributed by atoms with Gasteiger partial charge in [-0.25, -0.2) is 0 Å². The second-order valence-corrected chi connectivity index (χ2v) is 5.36. The molecule has 1 aliphatic rings. The standard InChI is InChI=1S/C14H19F3N2O/c1-10-5-6-19(9-13(10)18)8-11-3-2-4-12(7-11)20-14(15,16)17/h2-4,7,10,13H,5-6,8-9,18H2,1H3. The summed E-state index contributed by atoms with van der Waals surface area (Å²) < 4.78 is 40.5. The third-order valence-corrected chi connectivity index (χ3v) is 3.64. The van der Waals surface area contributed by atoms with Crippen LogP contribution in [-0.4, -0.2) is 30.4 Å². The molecule has 1 aliphatic heterocycles. The molecule has 2 unspecified atom stereocenters. The largest absolute Gasteiger partial charge is 0.573 e. The summed E-state index contributed by atoms with van der Waals surface area (Å²) in [6, 6.07) is 6.23. The van der Waals surface area contributed by atoms with Crippen LogP contribution in [0, 0.1) is 5.92 Å². The quantitative estimate of drug-likeness (QED) is 0.929. The Hall–Kier alpha value is -1.27. The fraction of sp³-hybridized carbons (Fsp3) is 0.571. The van der Waals surface area contributed by atoms with Gasteiger partial charge in [-0.1, -0.05) is 19.1 Å². The van der Waals surface area contributed by atoms with Crippen LogP contribution < -0.4 is 10.5 Å².